The first-order valence-corrected chi connectivity index (χ1v) is 10.4. The van der Waals surface area contributed by atoms with Gasteiger partial charge < -0.3 is 24.9 Å². The number of hydrogen-bond acceptors (Lipinski definition) is 7. The number of aryl methyl sites for hydroxylation is 1. The lowest BCUT2D eigenvalue weighted by molar-refractivity contribution is -0.245. The minimum absolute atomic E-state index is 0.0256. The molecular weight excluding hydrogens is 388 g/mol. The number of nitrogens with zero attached hydrogens (tertiary/aromatic N) is 3. The van der Waals surface area contributed by atoms with Crippen molar-refractivity contribution in [2.24, 2.45) is 7.05 Å². The van der Waals surface area contributed by atoms with Gasteiger partial charge in [0.25, 0.3) is 0 Å². The molecule has 0 amide bonds. The number of aliphatic hydroxyl groups excluding tert-OH is 1. The highest BCUT2D eigenvalue weighted by molar-refractivity contribution is 7.99. The van der Waals surface area contributed by atoms with Gasteiger partial charge in [0.1, 0.15) is 6.33 Å². The monoisotopic (exact) mass is 412 g/mol. The van der Waals surface area contributed by atoms with E-state index >= 15 is 0 Å². The zero-order chi connectivity index (χ0) is 20.2. The molecule has 1 aliphatic heterocycles. The van der Waals surface area contributed by atoms with Crippen LogP contribution in [0.1, 0.15) is 35.5 Å². The van der Waals surface area contributed by atoms with E-state index in [-0.39, 0.29) is 18.8 Å². The van der Waals surface area contributed by atoms with Crippen LogP contribution in [-0.4, -0.2) is 31.7 Å². The predicted molar refractivity (Wildman–Crippen MR) is 111 cm³/mol. The molecule has 1 aliphatic rings. The third-order valence-corrected chi connectivity index (χ3v) is 6.03. The predicted octanol–water partition coefficient (Wildman–Crippen LogP) is 3.23. The van der Waals surface area contributed by atoms with Crippen LogP contribution in [-0.2, 0) is 23.1 Å². The van der Waals surface area contributed by atoms with Crippen LogP contribution >= 0.6 is 11.8 Å². The fourth-order valence-corrected chi connectivity index (χ4v) is 4.20. The Hall–Kier alpha value is -2.39. The lowest BCUT2D eigenvalue weighted by Crippen LogP contribution is -2.31. The number of benzene rings is 2. The van der Waals surface area contributed by atoms with E-state index in [0.29, 0.717) is 5.69 Å². The van der Waals surface area contributed by atoms with Crippen LogP contribution < -0.4 is 5.73 Å². The molecule has 3 N–H and O–H groups in total. The quantitative estimate of drug-likeness (QED) is 0.474. The Labute approximate surface area is 173 Å². The largest absolute Gasteiger partial charge is 0.399 e. The van der Waals surface area contributed by atoms with Crippen molar-refractivity contribution in [1.82, 2.24) is 14.8 Å². The second-order valence-corrected chi connectivity index (χ2v) is 8.04. The first-order chi connectivity index (χ1) is 14.1. The van der Waals surface area contributed by atoms with Crippen LogP contribution in [0.3, 0.4) is 0 Å². The van der Waals surface area contributed by atoms with Gasteiger partial charge in [0.15, 0.2) is 11.4 Å². The summed E-state index contributed by atoms with van der Waals surface area (Å²) in [4.78, 5) is 0. The molecule has 2 heterocycles. The Morgan fingerprint density at radius 1 is 1.17 bits per heavy atom. The lowest BCUT2D eigenvalue weighted by atomic mass is 10.0. The molecule has 1 fully saturated rings. The van der Waals surface area contributed by atoms with Crippen molar-refractivity contribution in [2.75, 3.05) is 11.5 Å². The number of ether oxygens (including phenoxy) is 2. The number of hydrogen-bond donors (Lipinski definition) is 2. The number of nitrogens with two attached hydrogens (primary N) is 1. The fraction of sp³-hybridized carbons (Fsp3) is 0.333. The maximum atomic E-state index is 9.30. The number of aromatic nitrogens is 3. The molecule has 0 saturated carbocycles. The first kappa shape index (κ1) is 19.9. The van der Waals surface area contributed by atoms with E-state index in [1.54, 1.807) is 18.1 Å². The zero-order valence-electron chi connectivity index (χ0n) is 16.1. The average Bonchev–Trinajstić information content (AvgIpc) is 3.17. The average molecular weight is 413 g/mol. The smallest absolute Gasteiger partial charge is 0.190 e. The van der Waals surface area contributed by atoms with E-state index in [1.165, 1.54) is 0 Å². The van der Waals surface area contributed by atoms with E-state index < -0.39 is 6.29 Å². The highest BCUT2D eigenvalue weighted by atomic mass is 32.2. The van der Waals surface area contributed by atoms with Gasteiger partial charge in [0.05, 0.1) is 18.8 Å². The summed E-state index contributed by atoms with van der Waals surface area (Å²) in [6.45, 7) is 0.0256. The van der Waals surface area contributed by atoms with Gasteiger partial charge in [-0.05, 0) is 23.3 Å². The number of aliphatic hydroxyl groups is 1. The number of anilines is 1. The Morgan fingerprint density at radius 3 is 2.69 bits per heavy atom. The van der Waals surface area contributed by atoms with E-state index in [1.807, 2.05) is 60.1 Å². The van der Waals surface area contributed by atoms with Gasteiger partial charge in [0, 0.05) is 30.5 Å². The van der Waals surface area contributed by atoms with Gasteiger partial charge in [-0.15, -0.1) is 10.2 Å². The Bertz CT molecular complexity index is 947. The van der Waals surface area contributed by atoms with Crippen molar-refractivity contribution >= 4 is 17.4 Å². The van der Waals surface area contributed by atoms with Gasteiger partial charge in [-0.2, -0.15) is 0 Å². The maximum Gasteiger partial charge on any atom is 0.190 e. The summed E-state index contributed by atoms with van der Waals surface area (Å²) in [5.41, 5.74) is 9.47. The third kappa shape index (κ3) is 4.79. The topological polar surface area (TPSA) is 95.4 Å². The molecule has 0 spiro atoms. The van der Waals surface area contributed by atoms with E-state index in [4.69, 9.17) is 15.2 Å². The van der Waals surface area contributed by atoms with Crippen LogP contribution in [0.2, 0.25) is 0 Å². The zero-order valence-corrected chi connectivity index (χ0v) is 17.0. The Balaban J connectivity index is 1.54. The van der Waals surface area contributed by atoms with Gasteiger partial charge in [-0.3, -0.25) is 0 Å². The molecule has 0 radical (unpaired) electrons. The minimum atomic E-state index is -0.500. The maximum absolute atomic E-state index is 9.30. The van der Waals surface area contributed by atoms with Crippen LogP contribution in [0.25, 0.3) is 0 Å². The van der Waals surface area contributed by atoms with Crippen molar-refractivity contribution in [3.8, 4) is 0 Å². The summed E-state index contributed by atoms with van der Waals surface area (Å²) in [5, 5.41) is 18.2. The first-order valence-electron chi connectivity index (χ1n) is 9.45. The summed E-state index contributed by atoms with van der Waals surface area (Å²) in [6.07, 6.45) is 1.77. The fourth-order valence-electron chi connectivity index (χ4n) is 3.30. The van der Waals surface area contributed by atoms with Crippen molar-refractivity contribution < 1.29 is 14.6 Å². The van der Waals surface area contributed by atoms with Crippen molar-refractivity contribution in [3.63, 3.8) is 0 Å². The van der Waals surface area contributed by atoms with Crippen molar-refractivity contribution in [2.45, 2.75) is 36.7 Å². The molecule has 1 aromatic heterocycles. The number of thioether (sulfide) groups is 1. The summed E-state index contributed by atoms with van der Waals surface area (Å²) in [7, 11) is 1.92. The van der Waals surface area contributed by atoms with Crippen molar-refractivity contribution in [1.29, 1.82) is 0 Å². The SMILES string of the molecule is Cn1cnnc1SCC1CC(c2ccc(CO)cc2)OC(c2cccc(N)c2)O1. The summed E-state index contributed by atoms with van der Waals surface area (Å²) in [5.74, 6) is 0.736. The molecule has 8 heteroatoms. The Kier molecular flexibility index (Phi) is 6.15. The van der Waals surface area contributed by atoms with E-state index in [9.17, 15) is 5.11 Å². The highest BCUT2D eigenvalue weighted by Gasteiger charge is 2.32. The molecule has 3 atom stereocenters. The molecular formula is C21H24N4O3S. The number of nitrogen functional groups attached to an aromatic ring is 1. The highest BCUT2D eigenvalue weighted by Crippen LogP contribution is 2.39. The number of rotatable bonds is 6. The summed E-state index contributed by atoms with van der Waals surface area (Å²) in [6, 6.07) is 15.5. The lowest BCUT2D eigenvalue weighted by Gasteiger charge is -2.36. The molecule has 3 aromatic rings. The molecule has 0 bridgehead atoms. The molecule has 4 rings (SSSR count). The summed E-state index contributed by atoms with van der Waals surface area (Å²) >= 11 is 1.61. The molecule has 3 unspecified atom stereocenters. The second kappa shape index (κ2) is 8.96. The molecule has 2 aromatic carbocycles. The molecule has 29 heavy (non-hydrogen) atoms. The van der Waals surface area contributed by atoms with Crippen molar-refractivity contribution in [3.05, 3.63) is 71.5 Å². The molecule has 152 valence electrons. The van der Waals surface area contributed by atoms with Crippen LogP contribution in [0, 0.1) is 0 Å². The van der Waals surface area contributed by atoms with Gasteiger partial charge in [0.2, 0.25) is 0 Å². The Morgan fingerprint density at radius 2 is 2.00 bits per heavy atom. The standard InChI is InChI=1S/C21H24N4O3S/c1-25-13-23-24-21(25)29-12-18-10-19(15-7-5-14(11-26)6-8-15)28-20(27-18)16-3-2-4-17(22)9-16/h2-9,13,18-20,26H,10-12,22H2,1H3. The molecule has 7 nitrogen and oxygen atoms in total. The van der Waals surface area contributed by atoms with E-state index in [0.717, 1.165) is 34.0 Å². The molecule has 1 saturated heterocycles. The molecule has 0 aliphatic carbocycles. The van der Waals surface area contributed by atoms with Crippen LogP contribution in [0.4, 0.5) is 5.69 Å². The normalized spacial score (nSPS) is 21.9. The second-order valence-electron chi connectivity index (χ2n) is 7.06. The van der Waals surface area contributed by atoms with Gasteiger partial charge >= 0.3 is 0 Å². The third-order valence-electron chi connectivity index (χ3n) is 4.87. The van der Waals surface area contributed by atoms with Gasteiger partial charge in [-0.1, -0.05) is 48.2 Å². The van der Waals surface area contributed by atoms with Crippen LogP contribution in [0.15, 0.2) is 60.0 Å². The summed E-state index contributed by atoms with van der Waals surface area (Å²) < 4.78 is 14.5. The van der Waals surface area contributed by atoms with Crippen LogP contribution in [0.5, 0.6) is 0 Å². The minimum Gasteiger partial charge on any atom is -0.399 e. The van der Waals surface area contributed by atoms with Gasteiger partial charge in [-0.25, -0.2) is 0 Å². The van der Waals surface area contributed by atoms with E-state index in [2.05, 4.69) is 10.2 Å².